The molecule has 1 atom stereocenters. The Morgan fingerprint density at radius 2 is 2.10 bits per heavy atom. The van der Waals surface area contributed by atoms with E-state index in [4.69, 9.17) is 0 Å². The number of nitrogens with one attached hydrogen (secondary N) is 2. The van der Waals surface area contributed by atoms with Gasteiger partial charge >= 0.3 is 0 Å². The van der Waals surface area contributed by atoms with Crippen molar-refractivity contribution in [3.63, 3.8) is 0 Å². The van der Waals surface area contributed by atoms with Gasteiger partial charge in [0.1, 0.15) is 6.23 Å². The van der Waals surface area contributed by atoms with Crippen molar-refractivity contribution in [2.75, 3.05) is 13.1 Å². The van der Waals surface area contributed by atoms with Crippen molar-refractivity contribution in [3.8, 4) is 0 Å². The summed E-state index contributed by atoms with van der Waals surface area (Å²) in [5.74, 6) is 0.556. The molecule has 2 aliphatic rings. The van der Waals surface area contributed by atoms with Crippen molar-refractivity contribution in [2.24, 2.45) is 5.92 Å². The van der Waals surface area contributed by atoms with Crippen LogP contribution >= 0.6 is 0 Å². The molecule has 2 rings (SSSR count). The van der Waals surface area contributed by atoms with E-state index in [1.54, 1.807) is 0 Å². The Morgan fingerprint density at radius 3 is 2.50 bits per heavy atom. The lowest BCUT2D eigenvalue weighted by molar-refractivity contribution is 0.0899. The molecule has 1 saturated heterocycles. The highest BCUT2D eigenvalue weighted by molar-refractivity contribution is 4.87. The van der Waals surface area contributed by atoms with Gasteiger partial charge in [0.2, 0.25) is 0 Å². The third-order valence-electron chi connectivity index (χ3n) is 2.26. The molecule has 0 radical (unpaired) electrons. The largest absolute Gasteiger partial charge is 0.378 e. The molecule has 10 heavy (non-hydrogen) atoms. The minimum Gasteiger partial charge on any atom is -0.378 e. The van der Waals surface area contributed by atoms with Gasteiger partial charge in [0, 0.05) is 19.1 Å². The first-order valence-corrected chi connectivity index (χ1v) is 4.01. The zero-order valence-electron chi connectivity index (χ0n) is 6.01. The second kappa shape index (κ2) is 2.49. The van der Waals surface area contributed by atoms with E-state index in [0.29, 0.717) is 12.0 Å². The van der Waals surface area contributed by atoms with Crippen LogP contribution in [0.1, 0.15) is 12.8 Å². The van der Waals surface area contributed by atoms with Crippen molar-refractivity contribution in [1.29, 1.82) is 0 Å². The van der Waals surface area contributed by atoms with Crippen LogP contribution in [0.5, 0.6) is 0 Å². The van der Waals surface area contributed by atoms with Crippen LogP contribution in [0.4, 0.5) is 0 Å². The van der Waals surface area contributed by atoms with E-state index in [1.807, 2.05) is 0 Å². The van der Waals surface area contributed by atoms with Crippen LogP contribution in [0, 0.1) is 5.92 Å². The van der Waals surface area contributed by atoms with E-state index < -0.39 is 0 Å². The first-order chi connectivity index (χ1) is 4.86. The Kier molecular flexibility index (Phi) is 1.64. The molecule has 1 unspecified atom stereocenters. The molecule has 0 aromatic heterocycles. The summed E-state index contributed by atoms with van der Waals surface area (Å²) in [6, 6.07) is 0.524. The van der Waals surface area contributed by atoms with Crippen molar-refractivity contribution >= 4 is 0 Å². The fourth-order valence-corrected chi connectivity index (χ4v) is 1.20. The van der Waals surface area contributed by atoms with E-state index in [-0.39, 0.29) is 6.23 Å². The molecule has 0 amide bonds. The van der Waals surface area contributed by atoms with Gasteiger partial charge in [0.25, 0.3) is 0 Å². The summed E-state index contributed by atoms with van der Waals surface area (Å²) in [6.45, 7) is 2.04. The summed E-state index contributed by atoms with van der Waals surface area (Å²) in [5, 5.41) is 15.7. The normalized spacial score (nSPS) is 29.7. The number of aliphatic hydroxyl groups is 1. The van der Waals surface area contributed by atoms with E-state index >= 15 is 0 Å². The van der Waals surface area contributed by atoms with Gasteiger partial charge in [-0.25, -0.2) is 0 Å². The third-order valence-corrected chi connectivity index (χ3v) is 2.26. The van der Waals surface area contributed by atoms with Crippen LogP contribution < -0.4 is 10.6 Å². The predicted molar refractivity (Wildman–Crippen MR) is 38.5 cm³/mol. The Balaban J connectivity index is 1.67. The maximum absolute atomic E-state index is 9.39. The molecule has 1 aliphatic heterocycles. The minimum absolute atomic E-state index is 0.230. The Morgan fingerprint density at radius 1 is 1.40 bits per heavy atom. The molecular weight excluding hydrogens is 128 g/mol. The van der Waals surface area contributed by atoms with Crippen LogP contribution in [0.15, 0.2) is 0 Å². The highest BCUT2D eigenvalue weighted by Crippen LogP contribution is 2.31. The van der Waals surface area contributed by atoms with Crippen LogP contribution in [0.3, 0.4) is 0 Å². The second-order valence-corrected chi connectivity index (χ2v) is 3.30. The summed E-state index contributed by atoms with van der Waals surface area (Å²) in [7, 11) is 0. The average molecular weight is 142 g/mol. The van der Waals surface area contributed by atoms with Gasteiger partial charge < -0.3 is 10.4 Å². The van der Waals surface area contributed by atoms with E-state index in [2.05, 4.69) is 10.6 Å². The van der Waals surface area contributed by atoms with E-state index in [0.717, 1.165) is 13.1 Å². The highest BCUT2D eigenvalue weighted by atomic mass is 16.3. The zero-order chi connectivity index (χ0) is 6.97. The van der Waals surface area contributed by atoms with Gasteiger partial charge in [0.05, 0.1) is 0 Å². The molecule has 3 nitrogen and oxygen atoms in total. The topological polar surface area (TPSA) is 44.3 Å². The molecular formula is C7H14N2O. The fraction of sp³-hybridized carbons (Fsp3) is 1.00. The summed E-state index contributed by atoms with van der Waals surface area (Å²) in [5.41, 5.74) is 0. The smallest absolute Gasteiger partial charge is 0.108 e. The van der Waals surface area contributed by atoms with Crippen LogP contribution in [-0.2, 0) is 0 Å². The molecule has 58 valence electrons. The Labute approximate surface area is 60.8 Å². The van der Waals surface area contributed by atoms with Crippen LogP contribution in [-0.4, -0.2) is 30.5 Å². The summed E-state index contributed by atoms with van der Waals surface area (Å²) >= 11 is 0. The highest BCUT2D eigenvalue weighted by Gasteiger charge is 2.32. The van der Waals surface area contributed by atoms with Crippen molar-refractivity contribution in [3.05, 3.63) is 0 Å². The van der Waals surface area contributed by atoms with Gasteiger partial charge in [-0.2, -0.15) is 0 Å². The summed E-state index contributed by atoms with van der Waals surface area (Å²) in [4.78, 5) is 0. The molecule has 0 spiro atoms. The first-order valence-electron chi connectivity index (χ1n) is 4.01. The number of rotatable bonds is 3. The maximum Gasteiger partial charge on any atom is 0.108 e. The summed E-state index contributed by atoms with van der Waals surface area (Å²) in [6.07, 6.45) is 2.18. The number of hydrogen-bond donors (Lipinski definition) is 3. The molecule has 0 bridgehead atoms. The lowest BCUT2D eigenvalue weighted by Crippen LogP contribution is -2.58. The summed E-state index contributed by atoms with van der Waals surface area (Å²) < 4.78 is 0. The Bertz CT molecular complexity index is 121. The molecule has 1 heterocycles. The quantitative estimate of drug-likeness (QED) is 0.455. The Hall–Kier alpha value is -0.120. The molecule has 1 aliphatic carbocycles. The van der Waals surface area contributed by atoms with Crippen LogP contribution in [0.25, 0.3) is 0 Å². The second-order valence-electron chi connectivity index (χ2n) is 3.30. The van der Waals surface area contributed by atoms with Crippen molar-refractivity contribution in [1.82, 2.24) is 10.6 Å². The van der Waals surface area contributed by atoms with Crippen molar-refractivity contribution < 1.29 is 5.11 Å². The first kappa shape index (κ1) is 6.58. The molecule has 3 heteroatoms. The van der Waals surface area contributed by atoms with Gasteiger partial charge in [0.15, 0.2) is 0 Å². The molecule has 1 saturated carbocycles. The van der Waals surface area contributed by atoms with Crippen molar-refractivity contribution in [2.45, 2.75) is 25.1 Å². The lowest BCUT2D eigenvalue weighted by atomic mass is 10.1. The predicted octanol–water partition coefficient (Wildman–Crippen LogP) is -0.724. The fourth-order valence-electron chi connectivity index (χ4n) is 1.20. The van der Waals surface area contributed by atoms with Gasteiger partial charge in [-0.1, -0.05) is 0 Å². The third kappa shape index (κ3) is 1.31. The monoisotopic (exact) mass is 142 g/mol. The standard InChI is InChI=1S/C7H14N2O/c10-7(5-1-2-5)9-6-3-8-4-6/h5-10H,1-4H2. The van der Waals surface area contributed by atoms with E-state index in [1.165, 1.54) is 12.8 Å². The van der Waals surface area contributed by atoms with Gasteiger partial charge in [-0.05, 0) is 18.8 Å². The minimum atomic E-state index is -0.230. The lowest BCUT2D eigenvalue weighted by Gasteiger charge is -2.30. The molecule has 0 aromatic carbocycles. The van der Waals surface area contributed by atoms with Crippen LogP contribution in [0.2, 0.25) is 0 Å². The molecule has 0 aromatic rings. The number of hydrogen-bond acceptors (Lipinski definition) is 3. The number of aliphatic hydroxyl groups excluding tert-OH is 1. The molecule has 2 fully saturated rings. The zero-order valence-corrected chi connectivity index (χ0v) is 6.01. The van der Waals surface area contributed by atoms with Gasteiger partial charge in [-0.3, -0.25) is 5.32 Å². The maximum atomic E-state index is 9.39. The van der Waals surface area contributed by atoms with E-state index in [9.17, 15) is 5.11 Å². The molecule has 3 N–H and O–H groups in total. The SMILES string of the molecule is OC(NC1CNC1)C1CC1. The van der Waals surface area contributed by atoms with Gasteiger partial charge in [-0.15, -0.1) is 0 Å². The average Bonchev–Trinajstić information content (AvgIpc) is 2.58.